The summed E-state index contributed by atoms with van der Waals surface area (Å²) in [4.78, 5) is 4.96. The van der Waals surface area contributed by atoms with E-state index >= 15 is 0 Å². The molecule has 0 amide bonds. The average Bonchev–Trinajstić information content (AvgIpc) is 1.35. The van der Waals surface area contributed by atoms with Gasteiger partial charge in [-0.15, -0.1) is 0 Å². The second-order valence-corrected chi connectivity index (χ2v) is 34.6. The third-order valence-corrected chi connectivity index (χ3v) is 23.3. The number of hydrogen-bond acceptors (Lipinski definition) is 2. The van der Waals surface area contributed by atoms with Gasteiger partial charge in [0.15, 0.2) is 0 Å². The lowest BCUT2D eigenvalue weighted by molar-refractivity contribution is 0.590. The van der Waals surface area contributed by atoms with Gasteiger partial charge in [0, 0.05) is 88.1 Å². The molecule has 112 heavy (non-hydrogen) atoms. The van der Waals surface area contributed by atoms with Crippen molar-refractivity contribution in [3.63, 3.8) is 0 Å². The molecule has 0 atom stereocenters. The predicted octanol–water partition coefficient (Wildman–Crippen LogP) is 27.0. The molecule has 0 radical (unpaired) electrons. The van der Waals surface area contributed by atoms with Gasteiger partial charge in [-0.05, 0) is 167 Å². The molecule has 0 aliphatic carbocycles. The number of fused-ring (bicyclic) bond motifs is 18. The summed E-state index contributed by atoms with van der Waals surface area (Å²) in [6, 6.07) is 83.6. The zero-order valence-corrected chi connectivity index (χ0v) is 64.9. The normalized spacial score (nSPS) is 14.8. The Morgan fingerprint density at radius 1 is 0.277 bits per heavy atom. The summed E-state index contributed by atoms with van der Waals surface area (Å²) in [7, 11) is 0. The molecule has 0 N–H and O–H groups in total. The molecular formula is C106H88BN5. The Bertz CT molecular complexity index is 7110. The fraction of sp³-hybridized carbons (Fsp3) is 0.151. The first-order valence-corrected chi connectivity index (χ1v) is 39.0. The predicted molar refractivity (Wildman–Crippen MR) is 480 cm³/mol. The van der Waals surface area contributed by atoms with Crippen molar-refractivity contribution < 1.29 is 16.4 Å². The third-order valence-electron chi connectivity index (χ3n) is 23.3. The van der Waals surface area contributed by atoms with E-state index in [1.165, 1.54) is 0 Å². The van der Waals surface area contributed by atoms with Gasteiger partial charge in [-0.2, -0.15) is 0 Å². The number of aromatic nitrogens is 3. The summed E-state index contributed by atoms with van der Waals surface area (Å²) in [5.41, 5.74) is 17.3. The van der Waals surface area contributed by atoms with Crippen LogP contribution in [0.15, 0.2) is 315 Å². The Morgan fingerprint density at radius 2 is 0.571 bits per heavy atom. The first-order chi connectivity index (χ1) is 59.2. The lowest BCUT2D eigenvalue weighted by Crippen LogP contribution is -2.61. The van der Waals surface area contributed by atoms with Gasteiger partial charge in [0.05, 0.1) is 77.8 Å². The van der Waals surface area contributed by atoms with E-state index in [-0.39, 0.29) is 116 Å². The van der Waals surface area contributed by atoms with Crippen LogP contribution in [0.3, 0.4) is 0 Å². The third kappa shape index (κ3) is 10.1. The molecule has 5 nitrogen and oxygen atoms in total. The Morgan fingerprint density at radius 3 is 0.875 bits per heavy atom. The number of rotatable bonds is 8. The second kappa shape index (κ2) is 24.4. The molecule has 2 aliphatic heterocycles. The topological polar surface area (TPSA) is 20.8 Å². The van der Waals surface area contributed by atoms with Crippen LogP contribution >= 0.6 is 0 Å². The highest BCUT2D eigenvalue weighted by Crippen LogP contribution is 2.59. The molecule has 15 aromatic carbocycles. The van der Waals surface area contributed by atoms with Gasteiger partial charge in [-0.1, -0.05) is 314 Å². The number of nitrogens with zero attached hydrogens (tertiary/aromatic N) is 5. The lowest BCUT2D eigenvalue weighted by Gasteiger charge is -2.46. The monoisotopic (exact) mass is 1450 g/mol. The van der Waals surface area contributed by atoms with Gasteiger partial charge < -0.3 is 23.3 Å². The minimum Gasteiger partial charge on any atom is -0.309 e. The number of benzene rings is 15. The summed E-state index contributed by atoms with van der Waals surface area (Å²) < 4.78 is 130. The van der Waals surface area contributed by atoms with E-state index in [0.717, 1.165) is 122 Å². The van der Waals surface area contributed by atoms with Crippen molar-refractivity contribution in [3.8, 4) is 55.9 Å². The van der Waals surface area contributed by atoms with Gasteiger partial charge in [0.1, 0.15) is 0 Å². The summed E-state index contributed by atoms with van der Waals surface area (Å²) in [6.07, 6.45) is 0. The van der Waals surface area contributed by atoms with Crippen LogP contribution < -0.4 is 26.2 Å². The number of para-hydroxylation sites is 4. The Kier molecular flexibility index (Phi) is 12.2. The van der Waals surface area contributed by atoms with Crippen molar-refractivity contribution in [1.82, 2.24) is 13.5 Å². The fourth-order valence-electron chi connectivity index (χ4n) is 17.9. The molecule has 2 aliphatic rings. The second-order valence-electron chi connectivity index (χ2n) is 34.6. The smallest absolute Gasteiger partial charge is 0.252 e. The van der Waals surface area contributed by atoms with Crippen LogP contribution in [-0.2, 0) is 21.7 Å². The fourth-order valence-corrected chi connectivity index (χ4v) is 17.9. The minimum absolute atomic E-state index is 0.0140. The molecule has 4 aromatic heterocycles. The van der Waals surface area contributed by atoms with Gasteiger partial charge in [0.2, 0.25) is 0 Å². The highest BCUT2D eigenvalue weighted by atomic mass is 15.2. The van der Waals surface area contributed by atoms with E-state index < -0.39 is 28.4 Å². The van der Waals surface area contributed by atoms with E-state index in [0.29, 0.717) is 45.0 Å². The van der Waals surface area contributed by atoms with E-state index in [4.69, 9.17) is 0 Å². The molecule has 0 fully saturated rings. The molecule has 0 bridgehead atoms. The molecule has 540 valence electrons. The van der Waals surface area contributed by atoms with Gasteiger partial charge in [-0.3, -0.25) is 0 Å². The van der Waals surface area contributed by atoms with Crippen molar-refractivity contribution in [1.29, 1.82) is 0 Å². The lowest BCUT2D eigenvalue weighted by atomic mass is 9.33. The summed E-state index contributed by atoms with van der Waals surface area (Å²) >= 11 is 0. The number of hydrogen-bond donors (Lipinski definition) is 0. The van der Waals surface area contributed by atoms with Crippen molar-refractivity contribution in [3.05, 3.63) is 337 Å². The van der Waals surface area contributed by atoms with Crippen LogP contribution in [0.4, 0.5) is 34.1 Å². The quantitative estimate of drug-likeness (QED) is 0.141. The van der Waals surface area contributed by atoms with E-state index in [9.17, 15) is 16.4 Å². The number of anilines is 6. The summed E-state index contributed by atoms with van der Waals surface area (Å²) in [5, 5.41) is 4.92. The van der Waals surface area contributed by atoms with Crippen molar-refractivity contribution in [2.24, 2.45) is 0 Å². The molecule has 6 heteroatoms. The van der Waals surface area contributed by atoms with E-state index in [2.05, 4.69) is 220 Å². The first-order valence-electron chi connectivity index (χ1n) is 45.0. The van der Waals surface area contributed by atoms with E-state index in [1.54, 1.807) is 0 Å². The maximum Gasteiger partial charge on any atom is 0.252 e. The molecule has 6 heterocycles. The maximum absolute atomic E-state index is 10.5. The first kappa shape index (κ1) is 55.7. The zero-order chi connectivity index (χ0) is 86.6. The molecule has 19 aromatic rings. The molecule has 0 spiro atoms. The maximum atomic E-state index is 10.5. The van der Waals surface area contributed by atoms with Crippen molar-refractivity contribution in [2.75, 3.05) is 9.80 Å². The molecular weight excluding hydrogens is 1350 g/mol. The van der Waals surface area contributed by atoms with Crippen molar-refractivity contribution >= 4 is 139 Å². The van der Waals surface area contributed by atoms with Gasteiger partial charge in [-0.25, -0.2) is 0 Å². The van der Waals surface area contributed by atoms with Gasteiger partial charge in [0.25, 0.3) is 6.71 Å². The Hall–Kier alpha value is -12.6. The van der Waals surface area contributed by atoms with Crippen LogP contribution in [-0.4, -0.2) is 20.2 Å². The highest BCUT2D eigenvalue weighted by Gasteiger charge is 2.49. The van der Waals surface area contributed by atoms with Crippen molar-refractivity contribution in [2.45, 2.75) is 105 Å². The Balaban J connectivity index is 1.02. The Labute approximate surface area is 673 Å². The molecule has 0 unspecified atom stereocenters. The largest absolute Gasteiger partial charge is 0.309 e. The molecule has 0 saturated carbocycles. The van der Waals surface area contributed by atoms with Crippen LogP contribution in [0, 0.1) is 0 Å². The SMILES string of the molecule is [2H]c1c(C(C)(C)C)c([2H])c2c3c([2H])c(C(C)(C)C)c([2H])c([2H])c3n(-c3ccc4c(c3)N(c3c(-c5ccccc5)cccc3-c3ccccc3)c3c5c(c6c7ccccc7n7c8ccccc8c3c67)N(c3c(-c6ccccc6)cccc3-c3ccccc3)c3cc(-n6c7c([2H])c([2H])c(C(C)(C)C)c([2H])c7c7c([2H])c(C(C)(C)C)c([2H])c([2H])c76)ccc3B45)c2c1[2H]. The van der Waals surface area contributed by atoms with Crippen LogP contribution in [0.5, 0.6) is 0 Å². The van der Waals surface area contributed by atoms with E-state index in [1.807, 2.05) is 129 Å². The molecule has 21 rings (SSSR count). The zero-order valence-electron chi connectivity index (χ0n) is 76.9. The van der Waals surface area contributed by atoms with Crippen LogP contribution in [0.1, 0.15) is 122 Å². The minimum atomic E-state index is -0.808. The van der Waals surface area contributed by atoms with Gasteiger partial charge >= 0.3 is 0 Å². The standard InChI is InChI=1S/C106H88BN5/c1-103(2,3)69-47-55-89-81(59-69)82-60-70(104(4,5)6)48-56-90(82)108(89)73-51-53-85-93(63-73)111(98-75(65-31-17-13-18-32-65)41-29-42-76(98)66-33-19-14-20-34-66)101-95-79-39-25-27-45-87(79)110-88-46-28-26-40-80(88)96(100(95)110)102-97(101)107(85)86-54-52-74(109-91-57-49-71(105(7,8)9)61-83(91)84-62-72(106(10,11)12)50-58-92(84)109)64-94(86)112(102)99-77(67-35-21-15-22-36-67)43-30-44-78(99)68-37-23-16-24-38-68/h13-64H,1-12H3/i47D,48D,49D,50D,55D,56D,57D,58D,59D,60D,61D,62D. The highest BCUT2D eigenvalue weighted by molar-refractivity contribution is 7.01. The summed E-state index contributed by atoms with van der Waals surface area (Å²) in [6.45, 7) is 22.5. The van der Waals surface area contributed by atoms with Crippen LogP contribution in [0.25, 0.3) is 138 Å². The average molecular weight is 1450 g/mol. The molecule has 0 saturated heterocycles. The van der Waals surface area contributed by atoms with Crippen LogP contribution in [0.2, 0.25) is 0 Å². The summed E-state index contributed by atoms with van der Waals surface area (Å²) in [5.74, 6) is 0.